The molecule has 2 fully saturated rings. The number of hydrogen-bond donors (Lipinski definition) is 1. The number of ether oxygens (including phenoxy) is 2. The zero-order chi connectivity index (χ0) is 19.2. The maximum Gasteiger partial charge on any atom is 0.321 e. The SMILES string of the molecule is O=C(Nc1ccccc1OCC1CCCO1)N1CCC(c2ccccc2)CC1. The first-order chi connectivity index (χ1) is 13.8. The number of amides is 2. The van der Waals surface area contributed by atoms with Crippen LogP contribution in [0.1, 0.15) is 37.2 Å². The van der Waals surface area contributed by atoms with E-state index in [1.54, 1.807) is 0 Å². The zero-order valence-electron chi connectivity index (χ0n) is 16.2. The Morgan fingerprint density at radius 3 is 2.54 bits per heavy atom. The number of piperidine rings is 1. The van der Waals surface area contributed by atoms with Gasteiger partial charge in [0, 0.05) is 19.7 Å². The Balaban J connectivity index is 1.31. The fraction of sp³-hybridized carbons (Fsp3) is 0.435. The second kappa shape index (κ2) is 9.11. The van der Waals surface area contributed by atoms with Gasteiger partial charge in [-0.15, -0.1) is 0 Å². The molecule has 0 radical (unpaired) electrons. The molecule has 28 heavy (non-hydrogen) atoms. The Kier molecular flexibility index (Phi) is 6.12. The average molecular weight is 380 g/mol. The topological polar surface area (TPSA) is 50.8 Å². The quantitative estimate of drug-likeness (QED) is 0.821. The number of carbonyl (C=O) groups excluding carboxylic acids is 1. The Labute approximate surface area is 166 Å². The lowest BCUT2D eigenvalue weighted by Crippen LogP contribution is -2.40. The van der Waals surface area contributed by atoms with Crippen LogP contribution >= 0.6 is 0 Å². The van der Waals surface area contributed by atoms with E-state index >= 15 is 0 Å². The normalized spacial score (nSPS) is 20.1. The predicted octanol–water partition coefficient (Wildman–Crippen LogP) is 4.66. The highest BCUT2D eigenvalue weighted by molar-refractivity contribution is 5.91. The largest absolute Gasteiger partial charge is 0.489 e. The van der Waals surface area contributed by atoms with E-state index in [0.29, 0.717) is 18.3 Å². The van der Waals surface area contributed by atoms with E-state index in [-0.39, 0.29) is 12.1 Å². The number of nitrogens with zero attached hydrogens (tertiary/aromatic N) is 1. The minimum atomic E-state index is -0.0559. The molecule has 2 aromatic carbocycles. The highest BCUT2D eigenvalue weighted by atomic mass is 16.5. The molecular weight excluding hydrogens is 352 g/mol. The van der Waals surface area contributed by atoms with Crippen molar-refractivity contribution in [3.63, 3.8) is 0 Å². The van der Waals surface area contributed by atoms with Crippen molar-refractivity contribution in [3.8, 4) is 5.75 Å². The van der Waals surface area contributed by atoms with Crippen molar-refractivity contribution in [2.24, 2.45) is 0 Å². The van der Waals surface area contributed by atoms with Crippen molar-refractivity contribution >= 4 is 11.7 Å². The van der Waals surface area contributed by atoms with Crippen LogP contribution in [-0.2, 0) is 4.74 Å². The Bertz CT molecular complexity index is 766. The smallest absolute Gasteiger partial charge is 0.321 e. The molecule has 2 saturated heterocycles. The highest BCUT2D eigenvalue weighted by Gasteiger charge is 2.24. The number of carbonyl (C=O) groups is 1. The fourth-order valence-electron chi connectivity index (χ4n) is 3.99. The van der Waals surface area contributed by atoms with E-state index in [1.165, 1.54) is 5.56 Å². The van der Waals surface area contributed by atoms with Gasteiger partial charge in [-0.3, -0.25) is 0 Å². The molecular formula is C23H28N2O3. The summed E-state index contributed by atoms with van der Waals surface area (Å²) in [5.74, 6) is 1.23. The maximum atomic E-state index is 12.8. The van der Waals surface area contributed by atoms with Crippen molar-refractivity contribution in [2.45, 2.75) is 37.7 Å². The average Bonchev–Trinajstić information content (AvgIpc) is 3.27. The van der Waals surface area contributed by atoms with E-state index in [1.807, 2.05) is 35.2 Å². The lowest BCUT2D eigenvalue weighted by Gasteiger charge is -2.32. The van der Waals surface area contributed by atoms with Crippen LogP contribution in [-0.4, -0.2) is 43.3 Å². The van der Waals surface area contributed by atoms with Gasteiger partial charge in [-0.25, -0.2) is 4.79 Å². The van der Waals surface area contributed by atoms with Gasteiger partial charge in [-0.05, 0) is 49.3 Å². The summed E-state index contributed by atoms with van der Waals surface area (Å²) in [6.45, 7) is 2.87. The summed E-state index contributed by atoms with van der Waals surface area (Å²) in [4.78, 5) is 14.7. The number of benzene rings is 2. The summed E-state index contributed by atoms with van der Waals surface area (Å²) in [5.41, 5.74) is 2.09. The van der Waals surface area contributed by atoms with Crippen LogP contribution in [0.5, 0.6) is 5.75 Å². The molecule has 2 aromatic rings. The molecule has 2 aliphatic heterocycles. The van der Waals surface area contributed by atoms with Crippen molar-refractivity contribution in [2.75, 3.05) is 31.6 Å². The molecule has 2 aliphatic rings. The van der Waals surface area contributed by atoms with E-state index in [0.717, 1.165) is 51.1 Å². The number of nitrogens with one attached hydrogen (secondary N) is 1. The van der Waals surface area contributed by atoms with Gasteiger partial charge in [0.05, 0.1) is 11.8 Å². The van der Waals surface area contributed by atoms with Crippen LogP contribution in [0, 0.1) is 0 Å². The van der Waals surface area contributed by atoms with E-state index in [2.05, 4.69) is 29.6 Å². The molecule has 0 spiro atoms. The number of likely N-dealkylation sites (tertiary alicyclic amines) is 1. The van der Waals surface area contributed by atoms with Crippen LogP contribution in [0.15, 0.2) is 54.6 Å². The van der Waals surface area contributed by atoms with Gasteiger partial charge < -0.3 is 19.7 Å². The summed E-state index contributed by atoms with van der Waals surface area (Å²) >= 11 is 0. The van der Waals surface area contributed by atoms with Crippen LogP contribution in [0.3, 0.4) is 0 Å². The lowest BCUT2D eigenvalue weighted by molar-refractivity contribution is 0.0682. The number of rotatable bonds is 5. The van der Waals surface area contributed by atoms with Gasteiger partial charge in [0.1, 0.15) is 12.4 Å². The van der Waals surface area contributed by atoms with Gasteiger partial charge in [0.15, 0.2) is 0 Å². The molecule has 2 heterocycles. The fourth-order valence-corrected chi connectivity index (χ4v) is 3.99. The van der Waals surface area contributed by atoms with E-state index in [9.17, 15) is 4.79 Å². The first-order valence-corrected chi connectivity index (χ1v) is 10.2. The molecule has 1 N–H and O–H groups in total. The van der Waals surface area contributed by atoms with Crippen molar-refractivity contribution < 1.29 is 14.3 Å². The third-order valence-corrected chi connectivity index (χ3v) is 5.63. The molecule has 0 aromatic heterocycles. The molecule has 0 bridgehead atoms. The minimum absolute atomic E-state index is 0.0559. The first-order valence-electron chi connectivity index (χ1n) is 10.2. The zero-order valence-corrected chi connectivity index (χ0v) is 16.2. The molecule has 4 rings (SSSR count). The summed E-state index contributed by atoms with van der Waals surface area (Å²) < 4.78 is 11.5. The van der Waals surface area contributed by atoms with Crippen molar-refractivity contribution in [1.82, 2.24) is 4.90 Å². The summed E-state index contributed by atoms with van der Waals surface area (Å²) in [7, 11) is 0. The lowest BCUT2D eigenvalue weighted by atomic mass is 9.90. The molecule has 0 aliphatic carbocycles. The molecule has 0 saturated carbocycles. The van der Waals surface area contributed by atoms with Gasteiger partial charge in [0.2, 0.25) is 0 Å². The number of para-hydroxylation sites is 2. The monoisotopic (exact) mass is 380 g/mol. The summed E-state index contributed by atoms with van der Waals surface area (Å²) in [6.07, 6.45) is 4.26. The standard InChI is InChI=1S/C23H28N2O3/c26-23(25-14-12-19(13-15-25)18-7-2-1-3-8-18)24-21-10-4-5-11-22(21)28-17-20-9-6-16-27-20/h1-5,7-8,10-11,19-20H,6,9,12-17H2,(H,24,26). The Morgan fingerprint density at radius 1 is 1.04 bits per heavy atom. The second-order valence-corrected chi connectivity index (χ2v) is 7.54. The maximum absolute atomic E-state index is 12.8. The van der Waals surface area contributed by atoms with Gasteiger partial charge in [-0.2, -0.15) is 0 Å². The van der Waals surface area contributed by atoms with Gasteiger partial charge >= 0.3 is 6.03 Å². The molecule has 1 unspecified atom stereocenters. The molecule has 5 heteroatoms. The Hall–Kier alpha value is -2.53. The van der Waals surface area contributed by atoms with Crippen LogP contribution < -0.4 is 10.1 Å². The van der Waals surface area contributed by atoms with Crippen LogP contribution in [0.2, 0.25) is 0 Å². The Morgan fingerprint density at radius 2 is 1.79 bits per heavy atom. The number of urea groups is 1. The van der Waals surface area contributed by atoms with Gasteiger partial charge in [0.25, 0.3) is 0 Å². The van der Waals surface area contributed by atoms with E-state index < -0.39 is 0 Å². The van der Waals surface area contributed by atoms with Crippen molar-refractivity contribution in [1.29, 1.82) is 0 Å². The van der Waals surface area contributed by atoms with Crippen molar-refractivity contribution in [3.05, 3.63) is 60.2 Å². The number of anilines is 1. The molecule has 148 valence electrons. The van der Waals surface area contributed by atoms with Crippen LogP contribution in [0.4, 0.5) is 10.5 Å². The summed E-state index contributed by atoms with van der Waals surface area (Å²) in [6, 6.07) is 18.1. The number of hydrogen-bond acceptors (Lipinski definition) is 3. The van der Waals surface area contributed by atoms with Gasteiger partial charge in [-0.1, -0.05) is 42.5 Å². The predicted molar refractivity (Wildman–Crippen MR) is 110 cm³/mol. The third-order valence-electron chi connectivity index (χ3n) is 5.63. The molecule has 2 amide bonds. The minimum Gasteiger partial charge on any atom is -0.489 e. The van der Waals surface area contributed by atoms with Crippen LogP contribution in [0.25, 0.3) is 0 Å². The molecule has 5 nitrogen and oxygen atoms in total. The summed E-state index contributed by atoms with van der Waals surface area (Å²) in [5, 5.41) is 3.03. The highest BCUT2D eigenvalue weighted by Crippen LogP contribution is 2.29. The third kappa shape index (κ3) is 4.65. The molecule has 1 atom stereocenters. The first kappa shape index (κ1) is 18.8. The van der Waals surface area contributed by atoms with E-state index in [4.69, 9.17) is 9.47 Å². The second-order valence-electron chi connectivity index (χ2n) is 7.54.